The predicted octanol–water partition coefficient (Wildman–Crippen LogP) is 2.94. The highest BCUT2D eigenvalue weighted by Crippen LogP contribution is 2.30. The van der Waals surface area contributed by atoms with E-state index in [-0.39, 0.29) is 24.6 Å². The summed E-state index contributed by atoms with van der Waals surface area (Å²) in [5.41, 5.74) is -0.189. The molecule has 1 aromatic heterocycles. The Morgan fingerprint density at radius 2 is 1.68 bits per heavy atom. The minimum atomic E-state index is -4.52. The van der Waals surface area contributed by atoms with Gasteiger partial charge in [0, 0.05) is 32.6 Å². The van der Waals surface area contributed by atoms with E-state index in [1.807, 2.05) is 0 Å². The first-order chi connectivity index (χ1) is 11.7. The van der Waals surface area contributed by atoms with Crippen LogP contribution in [0, 0.1) is 0 Å². The molecule has 1 aromatic carbocycles. The van der Waals surface area contributed by atoms with Crippen LogP contribution in [0.15, 0.2) is 53.7 Å². The SMILES string of the molecule is COCCN(Cc1ccncc1)S(=O)(=O)c1ccc(C(F)(F)F)cc1. The summed E-state index contributed by atoms with van der Waals surface area (Å²) in [7, 11) is -2.53. The van der Waals surface area contributed by atoms with Crippen LogP contribution in [0.2, 0.25) is 0 Å². The molecule has 0 aliphatic rings. The van der Waals surface area contributed by atoms with E-state index in [1.54, 1.807) is 12.1 Å². The molecule has 0 N–H and O–H groups in total. The molecule has 0 saturated heterocycles. The topological polar surface area (TPSA) is 59.5 Å². The molecule has 2 aromatic rings. The maximum absolute atomic E-state index is 12.8. The van der Waals surface area contributed by atoms with Gasteiger partial charge in [0.25, 0.3) is 0 Å². The van der Waals surface area contributed by atoms with Crippen LogP contribution in [0.25, 0.3) is 0 Å². The molecule has 2 rings (SSSR count). The summed E-state index contributed by atoms with van der Waals surface area (Å²) in [6.07, 6.45) is -1.45. The van der Waals surface area contributed by atoms with Gasteiger partial charge in [-0.05, 0) is 42.0 Å². The number of alkyl halides is 3. The molecule has 0 fully saturated rings. The van der Waals surface area contributed by atoms with Gasteiger partial charge in [-0.25, -0.2) is 8.42 Å². The van der Waals surface area contributed by atoms with E-state index in [1.165, 1.54) is 19.5 Å². The van der Waals surface area contributed by atoms with Crippen molar-refractivity contribution in [1.82, 2.24) is 9.29 Å². The molecule has 0 saturated carbocycles. The summed E-state index contributed by atoms with van der Waals surface area (Å²) in [5, 5.41) is 0. The van der Waals surface area contributed by atoms with Gasteiger partial charge in [-0.15, -0.1) is 0 Å². The molecule has 0 radical (unpaired) electrons. The number of ether oxygens (including phenoxy) is 1. The van der Waals surface area contributed by atoms with E-state index < -0.39 is 21.8 Å². The highest BCUT2D eigenvalue weighted by molar-refractivity contribution is 7.89. The first-order valence-corrected chi connectivity index (χ1v) is 8.74. The first-order valence-electron chi connectivity index (χ1n) is 7.30. The van der Waals surface area contributed by atoms with Crippen molar-refractivity contribution in [3.63, 3.8) is 0 Å². The van der Waals surface area contributed by atoms with Crippen LogP contribution in [-0.4, -0.2) is 38.0 Å². The van der Waals surface area contributed by atoms with Gasteiger partial charge in [0.1, 0.15) is 0 Å². The van der Waals surface area contributed by atoms with Crippen LogP contribution >= 0.6 is 0 Å². The fourth-order valence-corrected chi connectivity index (χ4v) is 3.55. The quantitative estimate of drug-likeness (QED) is 0.748. The standard InChI is InChI=1S/C16H17F3N2O3S/c1-24-11-10-21(12-13-6-8-20-9-7-13)25(22,23)15-4-2-14(3-5-15)16(17,18)19/h2-9H,10-12H2,1H3. The summed E-state index contributed by atoms with van der Waals surface area (Å²) in [4.78, 5) is 3.67. The third-order valence-electron chi connectivity index (χ3n) is 3.47. The average Bonchev–Trinajstić information content (AvgIpc) is 2.58. The molecule has 136 valence electrons. The number of methoxy groups -OCH3 is 1. The normalized spacial score (nSPS) is 12.5. The number of rotatable bonds is 7. The molecule has 0 unspecified atom stereocenters. The molecular weight excluding hydrogens is 357 g/mol. The maximum Gasteiger partial charge on any atom is 0.416 e. The maximum atomic E-state index is 12.8. The fourth-order valence-electron chi connectivity index (χ4n) is 2.13. The van der Waals surface area contributed by atoms with Crippen molar-refractivity contribution in [3.05, 3.63) is 59.9 Å². The third-order valence-corrected chi connectivity index (χ3v) is 5.33. The minimum absolute atomic E-state index is 0.0647. The predicted molar refractivity (Wildman–Crippen MR) is 85.2 cm³/mol. The molecule has 0 spiro atoms. The Labute approximate surface area is 144 Å². The van der Waals surface area contributed by atoms with Crippen LogP contribution in [0.1, 0.15) is 11.1 Å². The van der Waals surface area contributed by atoms with E-state index in [4.69, 9.17) is 4.74 Å². The Balaban J connectivity index is 2.30. The van der Waals surface area contributed by atoms with Gasteiger partial charge in [-0.2, -0.15) is 17.5 Å². The van der Waals surface area contributed by atoms with Crippen molar-refractivity contribution in [2.75, 3.05) is 20.3 Å². The van der Waals surface area contributed by atoms with Gasteiger partial charge in [0.2, 0.25) is 10.0 Å². The molecule has 0 aliphatic heterocycles. The van der Waals surface area contributed by atoms with E-state index in [0.29, 0.717) is 5.56 Å². The number of benzene rings is 1. The molecule has 1 heterocycles. The molecule has 0 atom stereocenters. The largest absolute Gasteiger partial charge is 0.416 e. The number of aromatic nitrogens is 1. The van der Waals surface area contributed by atoms with Gasteiger partial charge in [0.05, 0.1) is 17.1 Å². The Morgan fingerprint density at radius 1 is 1.08 bits per heavy atom. The Morgan fingerprint density at radius 3 is 2.20 bits per heavy atom. The average molecular weight is 374 g/mol. The zero-order valence-electron chi connectivity index (χ0n) is 13.4. The highest BCUT2D eigenvalue weighted by Gasteiger charge is 2.31. The molecule has 5 nitrogen and oxygen atoms in total. The fraction of sp³-hybridized carbons (Fsp3) is 0.312. The summed E-state index contributed by atoms with van der Waals surface area (Å²) in [6, 6.07) is 6.78. The first kappa shape index (κ1) is 19.4. The number of nitrogens with zero attached hydrogens (tertiary/aromatic N) is 2. The minimum Gasteiger partial charge on any atom is -0.383 e. The second-order valence-electron chi connectivity index (χ2n) is 5.21. The lowest BCUT2D eigenvalue weighted by atomic mass is 10.2. The van der Waals surface area contributed by atoms with Crippen molar-refractivity contribution in [2.24, 2.45) is 0 Å². The van der Waals surface area contributed by atoms with Crippen molar-refractivity contribution >= 4 is 10.0 Å². The summed E-state index contributed by atoms with van der Waals surface area (Å²) < 4.78 is 69.6. The monoisotopic (exact) mass is 374 g/mol. The van der Waals surface area contributed by atoms with Gasteiger partial charge < -0.3 is 4.74 Å². The third kappa shape index (κ3) is 5.00. The van der Waals surface area contributed by atoms with Crippen molar-refractivity contribution in [2.45, 2.75) is 17.6 Å². The lowest BCUT2D eigenvalue weighted by Crippen LogP contribution is -2.33. The highest BCUT2D eigenvalue weighted by atomic mass is 32.2. The number of hydrogen-bond acceptors (Lipinski definition) is 4. The van der Waals surface area contributed by atoms with Crippen LogP contribution < -0.4 is 0 Å². The van der Waals surface area contributed by atoms with Crippen molar-refractivity contribution < 1.29 is 26.3 Å². The van der Waals surface area contributed by atoms with Gasteiger partial charge in [-0.1, -0.05) is 0 Å². The molecule has 0 bridgehead atoms. The smallest absolute Gasteiger partial charge is 0.383 e. The van der Waals surface area contributed by atoms with Gasteiger partial charge >= 0.3 is 6.18 Å². The zero-order valence-corrected chi connectivity index (χ0v) is 14.2. The van der Waals surface area contributed by atoms with Crippen LogP contribution in [-0.2, 0) is 27.5 Å². The number of halogens is 3. The summed E-state index contributed by atoms with van der Waals surface area (Å²) in [6.45, 7) is 0.294. The van der Waals surface area contributed by atoms with Gasteiger partial charge in [0.15, 0.2) is 0 Å². The summed E-state index contributed by atoms with van der Waals surface area (Å²) >= 11 is 0. The van der Waals surface area contributed by atoms with Crippen LogP contribution in [0.4, 0.5) is 13.2 Å². The zero-order chi connectivity index (χ0) is 18.5. The second-order valence-corrected chi connectivity index (χ2v) is 7.15. The van der Waals surface area contributed by atoms with Crippen LogP contribution in [0.5, 0.6) is 0 Å². The van der Waals surface area contributed by atoms with E-state index in [0.717, 1.165) is 28.6 Å². The Bertz CT molecular complexity index is 779. The Hall–Kier alpha value is -1.97. The number of hydrogen-bond donors (Lipinski definition) is 0. The molecule has 0 amide bonds. The molecular formula is C16H17F3N2O3S. The molecule has 25 heavy (non-hydrogen) atoms. The van der Waals surface area contributed by atoms with Crippen LogP contribution in [0.3, 0.4) is 0 Å². The molecule has 9 heteroatoms. The molecule has 0 aliphatic carbocycles. The van der Waals surface area contributed by atoms with E-state index in [2.05, 4.69) is 4.98 Å². The second kappa shape index (κ2) is 7.94. The number of pyridine rings is 1. The van der Waals surface area contributed by atoms with E-state index >= 15 is 0 Å². The van der Waals surface area contributed by atoms with E-state index in [9.17, 15) is 21.6 Å². The number of sulfonamides is 1. The summed E-state index contributed by atoms with van der Waals surface area (Å²) in [5.74, 6) is 0. The van der Waals surface area contributed by atoms with Crippen molar-refractivity contribution in [1.29, 1.82) is 0 Å². The van der Waals surface area contributed by atoms with Gasteiger partial charge in [-0.3, -0.25) is 4.98 Å². The lowest BCUT2D eigenvalue weighted by Gasteiger charge is -2.22. The van der Waals surface area contributed by atoms with Crippen molar-refractivity contribution in [3.8, 4) is 0 Å². The Kier molecular flexibility index (Phi) is 6.15. The lowest BCUT2D eigenvalue weighted by molar-refractivity contribution is -0.137.